The summed E-state index contributed by atoms with van der Waals surface area (Å²) >= 11 is 0. The molecule has 0 aromatic carbocycles. The van der Waals surface area contributed by atoms with Crippen molar-refractivity contribution in [3.8, 4) is 0 Å². The molecule has 0 fully saturated rings. The number of unbranched alkanes of at least 4 members (excludes halogenated alkanes) is 5. The molecular weight excluding hydrogens is 135 g/mol. The Labute approximate surface area is 102 Å². The molecule has 0 aliphatic rings. The van der Waals surface area contributed by atoms with Gasteiger partial charge in [0, 0.05) is 0 Å². The first kappa shape index (κ1) is 13.2. The standard InChI is InChI=1S/C8H18.K.H/c1-3-5-7-8-6-4-2;;/h3-8H2,1-2H3;;. The predicted octanol–water partition coefficient (Wildman–Crippen LogP) is 2.72. The molecule has 0 unspecified atom stereocenters. The summed E-state index contributed by atoms with van der Waals surface area (Å²) in [6.07, 6.45) is 8.49. The van der Waals surface area contributed by atoms with Crippen LogP contribution in [0.15, 0.2) is 0 Å². The van der Waals surface area contributed by atoms with Crippen molar-refractivity contribution in [3.05, 3.63) is 0 Å². The minimum atomic E-state index is 0. The number of hydrogen-bond donors (Lipinski definition) is 0. The van der Waals surface area contributed by atoms with E-state index in [-0.39, 0.29) is 51.4 Å². The Kier molecular flexibility index (Phi) is 18.1. The van der Waals surface area contributed by atoms with Crippen molar-refractivity contribution in [2.24, 2.45) is 0 Å². The fraction of sp³-hybridized carbons (Fsp3) is 1.00. The first-order valence-corrected chi connectivity index (χ1v) is 3.91. The molecule has 0 saturated carbocycles. The van der Waals surface area contributed by atoms with E-state index in [0.29, 0.717) is 0 Å². The van der Waals surface area contributed by atoms with Crippen molar-refractivity contribution in [1.29, 1.82) is 0 Å². The van der Waals surface area contributed by atoms with Crippen LogP contribution in [-0.2, 0) is 0 Å². The molecule has 0 atom stereocenters. The Morgan fingerprint density at radius 1 is 0.667 bits per heavy atom. The van der Waals surface area contributed by atoms with Crippen LogP contribution in [0, 0.1) is 0 Å². The second kappa shape index (κ2) is 12.3. The Balaban J connectivity index is 0. The zero-order chi connectivity index (χ0) is 6.24. The second-order valence-corrected chi connectivity index (χ2v) is 2.41. The maximum absolute atomic E-state index is 2.26. The van der Waals surface area contributed by atoms with E-state index in [1.165, 1.54) is 38.5 Å². The molecule has 0 aromatic heterocycles. The summed E-state index contributed by atoms with van der Waals surface area (Å²) in [5.41, 5.74) is 0. The molecule has 0 rings (SSSR count). The Bertz CT molecular complexity index is 29.5. The Morgan fingerprint density at radius 2 is 1.00 bits per heavy atom. The van der Waals surface area contributed by atoms with Crippen molar-refractivity contribution >= 4 is 51.4 Å². The molecule has 0 bridgehead atoms. The van der Waals surface area contributed by atoms with E-state index in [2.05, 4.69) is 13.8 Å². The van der Waals surface area contributed by atoms with Crippen LogP contribution >= 0.6 is 0 Å². The van der Waals surface area contributed by atoms with E-state index in [4.69, 9.17) is 0 Å². The summed E-state index contributed by atoms with van der Waals surface area (Å²) < 4.78 is 0. The monoisotopic (exact) mass is 154 g/mol. The third-order valence-electron chi connectivity index (χ3n) is 1.46. The zero-order valence-corrected chi connectivity index (χ0v) is 6.24. The van der Waals surface area contributed by atoms with Crippen molar-refractivity contribution in [1.82, 2.24) is 0 Å². The molecule has 9 heavy (non-hydrogen) atoms. The van der Waals surface area contributed by atoms with Gasteiger partial charge in [-0.15, -0.1) is 0 Å². The molecule has 0 aromatic rings. The van der Waals surface area contributed by atoms with Crippen LogP contribution in [0.4, 0.5) is 0 Å². The molecule has 1 heteroatoms. The van der Waals surface area contributed by atoms with Crippen molar-refractivity contribution in [2.75, 3.05) is 0 Å². The summed E-state index contributed by atoms with van der Waals surface area (Å²) in [5, 5.41) is 0. The van der Waals surface area contributed by atoms with Crippen molar-refractivity contribution < 1.29 is 0 Å². The summed E-state index contributed by atoms with van der Waals surface area (Å²) in [7, 11) is 0. The van der Waals surface area contributed by atoms with Gasteiger partial charge in [0.15, 0.2) is 0 Å². The molecule has 0 amide bonds. The summed E-state index contributed by atoms with van der Waals surface area (Å²) in [4.78, 5) is 0. The third-order valence-corrected chi connectivity index (χ3v) is 1.46. The van der Waals surface area contributed by atoms with Gasteiger partial charge in [0.05, 0.1) is 0 Å². The molecule has 0 heterocycles. The average molecular weight is 154 g/mol. The minimum absolute atomic E-state index is 0. The summed E-state index contributed by atoms with van der Waals surface area (Å²) in [5.74, 6) is 0. The quantitative estimate of drug-likeness (QED) is 0.422. The predicted molar refractivity (Wildman–Crippen MR) is 46.2 cm³/mol. The van der Waals surface area contributed by atoms with Crippen molar-refractivity contribution in [2.45, 2.75) is 52.4 Å². The van der Waals surface area contributed by atoms with Gasteiger partial charge < -0.3 is 0 Å². The SMILES string of the molecule is CCCCCCCC.[KH]. The molecule has 52 valence electrons. The van der Waals surface area contributed by atoms with E-state index in [9.17, 15) is 0 Å². The van der Waals surface area contributed by atoms with Crippen LogP contribution in [0.25, 0.3) is 0 Å². The van der Waals surface area contributed by atoms with Gasteiger partial charge in [-0.2, -0.15) is 0 Å². The summed E-state index contributed by atoms with van der Waals surface area (Å²) in [6, 6.07) is 0. The molecule has 0 N–H and O–H groups in total. The van der Waals surface area contributed by atoms with Gasteiger partial charge >= 0.3 is 51.4 Å². The van der Waals surface area contributed by atoms with E-state index in [0.717, 1.165) is 0 Å². The van der Waals surface area contributed by atoms with E-state index in [1.807, 2.05) is 0 Å². The van der Waals surface area contributed by atoms with Gasteiger partial charge in [0.2, 0.25) is 0 Å². The molecule has 0 saturated heterocycles. The molecule has 0 aliphatic heterocycles. The van der Waals surface area contributed by atoms with Gasteiger partial charge in [-0.3, -0.25) is 0 Å². The maximum atomic E-state index is 2.26. The second-order valence-electron chi connectivity index (χ2n) is 2.41. The topological polar surface area (TPSA) is 0 Å². The normalized spacial score (nSPS) is 8.67. The van der Waals surface area contributed by atoms with Gasteiger partial charge in [-0.25, -0.2) is 0 Å². The van der Waals surface area contributed by atoms with Gasteiger partial charge in [-0.05, 0) is 0 Å². The van der Waals surface area contributed by atoms with Gasteiger partial charge in [-0.1, -0.05) is 52.4 Å². The fourth-order valence-electron chi connectivity index (χ4n) is 0.854. The van der Waals surface area contributed by atoms with E-state index >= 15 is 0 Å². The number of rotatable bonds is 5. The van der Waals surface area contributed by atoms with Crippen LogP contribution in [0.5, 0.6) is 0 Å². The first-order valence-electron chi connectivity index (χ1n) is 3.91. The summed E-state index contributed by atoms with van der Waals surface area (Å²) in [6.45, 7) is 4.51. The van der Waals surface area contributed by atoms with Crippen LogP contribution in [0.3, 0.4) is 0 Å². The van der Waals surface area contributed by atoms with Crippen LogP contribution in [-0.4, -0.2) is 51.4 Å². The zero-order valence-electron chi connectivity index (χ0n) is 6.24. The Morgan fingerprint density at radius 3 is 1.22 bits per heavy atom. The van der Waals surface area contributed by atoms with Crippen LogP contribution in [0.2, 0.25) is 0 Å². The van der Waals surface area contributed by atoms with Gasteiger partial charge in [0.25, 0.3) is 0 Å². The first-order chi connectivity index (χ1) is 3.91. The molecule has 0 radical (unpaired) electrons. The van der Waals surface area contributed by atoms with Crippen LogP contribution in [0.1, 0.15) is 52.4 Å². The molecule has 0 aliphatic carbocycles. The fourth-order valence-corrected chi connectivity index (χ4v) is 0.854. The van der Waals surface area contributed by atoms with E-state index < -0.39 is 0 Å². The van der Waals surface area contributed by atoms with Crippen LogP contribution < -0.4 is 0 Å². The van der Waals surface area contributed by atoms with Crippen molar-refractivity contribution in [3.63, 3.8) is 0 Å². The molecule has 0 nitrogen and oxygen atoms in total. The van der Waals surface area contributed by atoms with E-state index in [1.54, 1.807) is 0 Å². The average Bonchev–Trinajstić information content (AvgIpc) is 1.81. The van der Waals surface area contributed by atoms with Gasteiger partial charge in [0.1, 0.15) is 0 Å². The Hall–Kier alpha value is 1.64. The molecule has 0 spiro atoms. The molecular formula is C8H19K. The third kappa shape index (κ3) is 12.8. The number of hydrogen-bond acceptors (Lipinski definition) is 0.